The van der Waals surface area contributed by atoms with Gasteiger partial charge in [0.2, 0.25) is 0 Å². The lowest BCUT2D eigenvalue weighted by atomic mass is 10.2. The zero-order chi connectivity index (χ0) is 12.5. The Morgan fingerprint density at radius 2 is 2.11 bits per heavy atom. The van der Waals surface area contributed by atoms with Gasteiger partial charge in [-0.25, -0.2) is 4.98 Å². The summed E-state index contributed by atoms with van der Waals surface area (Å²) in [4.78, 5) is 4.44. The largest absolute Gasteiger partial charge is 0.496 e. The van der Waals surface area contributed by atoms with Gasteiger partial charge in [-0.2, -0.15) is 0 Å². The molecule has 3 rings (SSSR count). The number of halogens is 1. The highest BCUT2D eigenvalue weighted by Crippen LogP contribution is 2.31. The van der Waals surface area contributed by atoms with E-state index in [4.69, 9.17) is 16.3 Å². The van der Waals surface area contributed by atoms with Crippen LogP contribution in [-0.4, -0.2) is 16.5 Å². The molecule has 0 aliphatic heterocycles. The van der Waals surface area contributed by atoms with Gasteiger partial charge >= 0.3 is 0 Å². The Bertz CT molecular complexity index is 706. The second-order valence-corrected chi connectivity index (χ2v) is 4.36. The van der Waals surface area contributed by atoms with Gasteiger partial charge in [-0.05, 0) is 30.3 Å². The molecule has 0 aliphatic carbocycles. The molecule has 0 atom stereocenters. The van der Waals surface area contributed by atoms with Gasteiger partial charge in [0, 0.05) is 11.2 Å². The third-order valence-electron chi connectivity index (χ3n) is 2.84. The van der Waals surface area contributed by atoms with E-state index in [0.29, 0.717) is 5.02 Å². The molecule has 0 saturated heterocycles. The highest BCUT2D eigenvalue weighted by molar-refractivity contribution is 6.30. The first-order valence-corrected chi connectivity index (χ1v) is 5.93. The highest BCUT2D eigenvalue weighted by atomic mass is 35.5. The Hall–Kier alpha value is -2.00. The predicted molar refractivity (Wildman–Crippen MR) is 72.2 cm³/mol. The molecule has 0 bridgehead atoms. The minimum Gasteiger partial charge on any atom is -0.496 e. The number of pyridine rings is 1. The Labute approximate surface area is 110 Å². The molecule has 3 aromatic rings. The van der Waals surface area contributed by atoms with Crippen LogP contribution in [0.4, 0.5) is 0 Å². The molecule has 18 heavy (non-hydrogen) atoms. The third kappa shape index (κ3) is 1.73. The molecule has 0 spiro atoms. The predicted octanol–water partition coefficient (Wildman–Crippen LogP) is 3.66. The summed E-state index contributed by atoms with van der Waals surface area (Å²) < 4.78 is 7.37. The molecule has 0 fully saturated rings. The van der Waals surface area contributed by atoms with Crippen LogP contribution in [-0.2, 0) is 0 Å². The van der Waals surface area contributed by atoms with Crippen molar-refractivity contribution in [3.05, 3.63) is 53.8 Å². The van der Waals surface area contributed by atoms with Gasteiger partial charge in [-0.1, -0.05) is 17.7 Å². The number of rotatable bonds is 2. The van der Waals surface area contributed by atoms with Gasteiger partial charge < -0.3 is 4.74 Å². The molecule has 2 heterocycles. The zero-order valence-corrected chi connectivity index (χ0v) is 10.6. The molecule has 0 N–H and O–H groups in total. The summed E-state index contributed by atoms with van der Waals surface area (Å²) in [6.45, 7) is 0. The van der Waals surface area contributed by atoms with Crippen molar-refractivity contribution in [2.75, 3.05) is 7.11 Å². The minimum atomic E-state index is 0.665. The number of imidazole rings is 1. The summed E-state index contributed by atoms with van der Waals surface area (Å²) in [6.07, 6.45) is 3.80. The van der Waals surface area contributed by atoms with Crippen LogP contribution in [0.5, 0.6) is 5.75 Å². The molecule has 0 saturated carbocycles. The van der Waals surface area contributed by atoms with E-state index in [2.05, 4.69) is 4.98 Å². The number of methoxy groups -OCH3 is 1. The molecule has 2 aromatic heterocycles. The first kappa shape index (κ1) is 11.1. The van der Waals surface area contributed by atoms with Crippen molar-refractivity contribution in [1.29, 1.82) is 0 Å². The van der Waals surface area contributed by atoms with Gasteiger partial charge in [-0.15, -0.1) is 0 Å². The summed E-state index contributed by atoms with van der Waals surface area (Å²) in [5.74, 6) is 1.58. The average Bonchev–Trinajstić information content (AvgIpc) is 2.82. The van der Waals surface area contributed by atoms with E-state index in [1.165, 1.54) is 0 Å². The van der Waals surface area contributed by atoms with E-state index in [-0.39, 0.29) is 0 Å². The molecule has 0 unspecified atom stereocenters. The van der Waals surface area contributed by atoms with Gasteiger partial charge in [-0.3, -0.25) is 4.40 Å². The smallest absolute Gasteiger partial charge is 0.148 e. The van der Waals surface area contributed by atoms with Crippen LogP contribution in [0.3, 0.4) is 0 Å². The lowest BCUT2D eigenvalue weighted by Crippen LogP contribution is -1.93. The van der Waals surface area contributed by atoms with E-state index < -0.39 is 0 Å². The van der Waals surface area contributed by atoms with Gasteiger partial charge in [0.25, 0.3) is 0 Å². The van der Waals surface area contributed by atoms with Gasteiger partial charge in [0.1, 0.15) is 11.6 Å². The van der Waals surface area contributed by atoms with Crippen molar-refractivity contribution in [1.82, 2.24) is 9.38 Å². The van der Waals surface area contributed by atoms with Crippen molar-refractivity contribution >= 4 is 17.1 Å². The van der Waals surface area contributed by atoms with Crippen molar-refractivity contribution < 1.29 is 4.74 Å². The molecule has 1 aromatic carbocycles. The third-order valence-corrected chi connectivity index (χ3v) is 3.08. The first-order chi connectivity index (χ1) is 8.79. The number of fused-ring (bicyclic) bond motifs is 1. The van der Waals surface area contributed by atoms with Gasteiger partial charge in [0.05, 0.1) is 24.4 Å². The van der Waals surface area contributed by atoms with E-state index in [1.807, 2.05) is 47.1 Å². The number of hydrogen-bond donors (Lipinski definition) is 0. The van der Waals surface area contributed by atoms with Crippen molar-refractivity contribution in [3.63, 3.8) is 0 Å². The van der Waals surface area contributed by atoms with Crippen molar-refractivity contribution in [3.8, 4) is 17.1 Å². The number of nitrogens with zero attached hydrogens (tertiary/aromatic N) is 2. The lowest BCUT2D eigenvalue weighted by molar-refractivity contribution is 0.416. The number of benzene rings is 1. The number of ether oxygens (including phenoxy) is 1. The Kier molecular flexibility index (Phi) is 2.68. The number of aromatic nitrogens is 2. The topological polar surface area (TPSA) is 26.5 Å². The molecular weight excluding hydrogens is 248 g/mol. The fourth-order valence-electron chi connectivity index (χ4n) is 2.00. The standard InChI is InChI=1S/C14H11ClN2O/c1-18-13-6-5-10(15)8-12(13)14-16-9-11-4-2-3-7-17(11)14/h2-9H,1H3. The van der Waals surface area contributed by atoms with E-state index in [0.717, 1.165) is 22.7 Å². The SMILES string of the molecule is COc1ccc(Cl)cc1-c1ncc2ccccn12. The van der Waals surface area contributed by atoms with Crippen LogP contribution in [0.2, 0.25) is 5.02 Å². The Morgan fingerprint density at radius 1 is 1.22 bits per heavy atom. The summed E-state index contributed by atoms with van der Waals surface area (Å²) in [6, 6.07) is 11.5. The summed E-state index contributed by atoms with van der Waals surface area (Å²) in [5, 5.41) is 0.665. The molecular formula is C14H11ClN2O. The van der Waals surface area contributed by atoms with Gasteiger partial charge in [0.15, 0.2) is 0 Å². The van der Waals surface area contributed by atoms with E-state index in [9.17, 15) is 0 Å². The van der Waals surface area contributed by atoms with Crippen LogP contribution >= 0.6 is 11.6 Å². The molecule has 4 heteroatoms. The maximum absolute atomic E-state index is 6.05. The fourth-order valence-corrected chi connectivity index (χ4v) is 2.17. The second kappa shape index (κ2) is 4.35. The van der Waals surface area contributed by atoms with E-state index in [1.54, 1.807) is 13.2 Å². The van der Waals surface area contributed by atoms with Crippen molar-refractivity contribution in [2.24, 2.45) is 0 Å². The van der Waals surface area contributed by atoms with Crippen LogP contribution in [0.15, 0.2) is 48.8 Å². The highest BCUT2D eigenvalue weighted by Gasteiger charge is 2.11. The maximum Gasteiger partial charge on any atom is 0.148 e. The Morgan fingerprint density at radius 3 is 2.94 bits per heavy atom. The normalized spacial score (nSPS) is 10.8. The zero-order valence-electron chi connectivity index (χ0n) is 9.80. The Balaban J connectivity index is 2.29. The monoisotopic (exact) mass is 258 g/mol. The second-order valence-electron chi connectivity index (χ2n) is 3.92. The molecule has 0 amide bonds. The molecule has 90 valence electrons. The minimum absolute atomic E-state index is 0.665. The maximum atomic E-state index is 6.05. The van der Waals surface area contributed by atoms with Crippen LogP contribution in [0.1, 0.15) is 0 Å². The van der Waals surface area contributed by atoms with Crippen LogP contribution < -0.4 is 4.74 Å². The van der Waals surface area contributed by atoms with Crippen molar-refractivity contribution in [2.45, 2.75) is 0 Å². The van der Waals surface area contributed by atoms with Crippen LogP contribution in [0.25, 0.3) is 16.9 Å². The summed E-state index contributed by atoms with van der Waals surface area (Å²) >= 11 is 6.05. The lowest BCUT2D eigenvalue weighted by Gasteiger charge is -2.08. The molecule has 3 nitrogen and oxygen atoms in total. The first-order valence-electron chi connectivity index (χ1n) is 5.55. The molecule has 0 radical (unpaired) electrons. The molecule has 0 aliphatic rings. The average molecular weight is 259 g/mol. The van der Waals surface area contributed by atoms with E-state index >= 15 is 0 Å². The summed E-state index contributed by atoms with van der Waals surface area (Å²) in [7, 11) is 1.64. The fraction of sp³-hybridized carbons (Fsp3) is 0.0714. The summed E-state index contributed by atoms with van der Waals surface area (Å²) in [5.41, 5.74) is 1.92. The van der Waals surface area contributed by atoms with Crippen LogP contribution in [0, 0.1) is 0 Å². The number of hydrogen-bond acceptors (Lipinski definition) is 2. The quantitative estimate of drug-likeness (QED) is 0.701.